The minimum Gasteiger partial charge on any atom is -0.236 e. The molecule has 0 atom stereocenters. The SMILES string of the molecule is CCCCc1cnc(-c2ccc(F)cc2)nc1. The lowest BCUT2D eigenvalue weighted by molar-refractivity contribution is 0.628. The molecule has 0 saturated heterocycles. The molecule has 0 bridgehead atoms. The molecule has 2 nitrogen and oxygen atoms in total. The first-order chi connectivity index (χ1) is 8.29. The second kappa shape index (κ2) is 5.53. The molecule has 2 aromatic rings. The predicted octanol–water partition coefficient (Wildman–Crippen LogP) is 3.63. The van der Waals surface area contributed by atoms with Crippen molar-refractivity contribution in [2.45, 2.75) is 26.2 Å². The minimum absolute atomic E-state index is 0.242. The van der Waals surface area contributed by atoms with Crippen LogP contribution < -0.4 is 0 Å². The molecule has 1 aromatic heterocycles. The molecule has 0 aliphatic carbocycles. The van der Waals surface area contributed by atoms with Gasteiger partial charge in [0.15, 0.2) is 5.82 Å². The quantitative estimate of drug-likeness (QED) is 0.801. The van der Waals surface area contributed by atoms with E-state index in [1.54, 1.807) is 12.1 Å². The van der Waals surface area contributed by atoms with E-state index in [2.05, 4.69) is 16.9 Å². The van der Waals surface area contributed by atoms with Gasteiger partial charge in [-0.05, 0) is 42.7 Å². The molecule has 0 radical (unpaired) electrons. The van der Waals surface area contributed by atoms with Gasteiger partial charge in [-0.2, -0.15) is 0 Å². The first kappa shape index (κ1) is 11.7. The highest BCUT2D eigenvalue weighted by Crippen LogP contribution is 2.15. The molecule has 0 aliphatic heterocycles. The summed E-state index contributed by atoms with van der Waals surface area (Å²) in [4.78, 5) is 8.60. The van der Waals surface area contributed by atoms with Crippen LogP contribution in [0.2, 0.25) is 0 Å². The molecule has 2 rings (SSSR count). The van der Waals surface area contributed by atoms with Crippen molar-refractivity contribution in [3.63, 3.8) is 0 Å². The summed E-state index contributed by atoms with van der Waals surface area (Å²) in [5.41, 5.74) is 1.99. The van der Waals surface area contributed by atoms with Crippen LogP contribution in [-0.2, 0) is 6.42 Å². The van der Waals surface area contributed by atoms with Crippen molar-refractivity contribution in [3.05, 3.63) is 48.0 Å². The van der Waals surface area contributed by atoms with E-state index in [0.29, 0.717) is 5.82 Å². The molecule has 0 unspecified atom stereocenters. The Hall–Kier alpha value is -1.77. The Labute approximate surface area is 101 Å². The lowest BCUT2D eigenvalue weighted by atomic mass is 10.1. The number of hydrogen-bond acceptors (Lipinski definition) is 2. The lowest BCUT2D eigenvalue weighted by Gasteiger charge is -2.02. The maximum Gasteiger partial charge on any atom is 0.159 e. The van der Waals surface area contributed by atoms with Crippen LogP contribution in [0.25, 0.3) is 11.4 Å². The Bertz CT molecular complexity index is 463. The van der Waals surface area contributed by atoms with Crippen molar-refractivity contribution in [2.24, 2.45) is 0 Å². The normalized spacial score (nSPS) is 10.5. The van der Waals surface area contributed by atoms with Crippen LogP contribution in [0.5, 0.6) is 0 Å². The number of benzene rings is 1. The summed E-state index contributed by atoms with van der Waals surface area (Å²) in [6.07, 6.45) is 7.03. The number of nitrogens with zero attached hydrogens (tertiary/aromatic N) is 2. The molecular formula is C14H15FN2. The van der Waals surface area contributed by atoms with E-state index in [0.717, 1.165) is 24.0 Å². The average molecular weight is 230 g/mol. The van der Waals surface area contributed by atoms with Crippen molar-refractivity contribution in [2.75, 3.05) is 0 Å². The van der Waals surface area contributed by atoms with Crippen LogP contribution >= 0.6 is 0 Å². The van der Waals surface area contributed by atoms with Crippen molar-refractivity contribution in [1.29, 1.82) is 0 Å². The minimum atomic E-state index is -0.242. The standard InChI is InChI=1S/C14H15FN2/c1-2-3-4-11-9-16-14(17-10-11)12-5-7-13(15)8-6-12/h5-10H,2-4H2,1H3. The van der Waals surface area contributed by atoms with Crippen molar-refractivity contribution in [1.82, 2.24) is 9.97 Å². The third kappa shape index (κ3) is 3.09. The smallest absolute Gasteiger partial charge is 0.159 e. The van der Waals surface area contributed by atoms with E-state index in [1.165, 1.54) is 18.6 Å². The molecule has 0 aliphatic rings. The van der Waals surface area contributed by atoms with Gasteiger partial charge in [0.05, 0.1) is 0 Å². The van der Waals surface area contributed by atoms with Crippen molar-refractivity contribution in [3.8, 4) is 11.4 Å². The average Bonchev–Trinajstić information content (AvgIpc) is 2.38. The fourth-order valence-electron chi connectivity index (χ4n) is 1.61. The maximum absolute atomic E-state index is 12.8. The van der Waals surface area contributed by atoms with E-state index >= 15 is 0 Å². The Balaban J connectivity index is 2.14. The number of unbranched alkanes of at least 4 members (excludes halogenated alkanes) is 1. The molecule has 0 N–H and O–H groups in total. The van der Waals surface area contributed by atoms with Gasteiger partial charge in [0.25, 0.3) is 0 Å². The molecule has 3 heteroatoms. The van der Waals surface area contributed by atoms with Crippen molar-refractivity contribution >= 4 is 0 Å². The zero-order valence-corrected chi connectivity index (χ0v) is 9.86. The summed E-state index contributed by atoms with van der Waals surface area (Å²) in [6.45, 7) is 2.16. The van der Waals surface area contributed by atoms with Crippen LogP contribution in [0.3, 0.4) is 0 Å². The van der Waals surface area contributed by atoms with Crippen LogP contribution in [-0.4, -0.2) is 9.97 Å². The number of aromatic nitrogens is 2. The first-order valence-electron chi connectivity index (χ1n) is 5.86. The lowest BCUT2D eigenvalue weighted by Crippen LogP contribution is -1.92. The van der Waals surface area contributed by atoms with Crippen LogP contribution in [0, 0.1) is 5.82 Å². The highest BCUT2D eigenvalue weighted by atomic mass is 19.1. The highest BCUT2D eigenvalue weighted by Gasteiger charge is 2.01. The molecule has 0 saturated carbocycles. The maximum atomic E-state index is 12.8. The highest BCUT2D eigenvalue weighted by molar-refractivity contribution is 5.54. The zero-order valence-electron chi connectivity index (χ0n) is 9.86. The zero-order chi connectivity index (χ0) is 12.1. The number of aryl methyl sites for hydroxylation is 1. The van der Waals surface area contributed by atoms with Gasteiger partial charge >= 0.3 is 0 Å². The third-order valence-electron chi connectivity index (χ3n) is 2.63. The predicted molar refractivity (Wildman–Crippen MR) is 66.0 cm³/mol. The number of rotatable bonds is 4. The number of hydrogen-bond donors (Lipinski definition) is 0. The van der Waals surface area contributed by atoms with E-state index < -0.39 is 0 Å². The van der Waals surface area contributed by atoms with E-state index in [9.17, 15) is 4.39 Å². The summed E-state index contributed by atoms with van der Waals surface area (Å²) in [7, 11) is 0. The summed E-state index contributed by atoms with van der Waals surface area (Å²) >= 11 is 0. The Kier molecular flexibility index (Phi) is 3.81. The Morgan fingerprint density at radius 1 is 1.06 bits per heavy atom. The van der Waals surface area contributed by atoms with E-state index in [1.807, 2.05) is 12.4 Å². The summed E-state index contributed by atoms with van der Waals surface area (Å²) in [6, 6.07) is 6.22. The number of halogens is 1. The largest absolute Gasteiger partial charge is 0.236 e. The topological polar surface area (TPSA) is 25.8 Å². The van der Waals surface area contributed by atoms with Gasteiger partial charge in [-0.3, -0.25) is 0 Å². The van der Waals surface area contributed by atoms with Crippen LogP contribution in [0.4, 0.5) is 4.39 Å². The molecule has 88 valence electrons. The third-order valence-corrected chi connectivity index (χ3v) is 2.63. The fourth-order valence-corrected chi connectivity index (χ4v) is 1.61. The summed E-state index contributed by atoms with van der Waals surface area (Å²) in [5, 5.41) is 0. The van der Waals surface area contributed by atoms with Crippen LogP contribution in [0.15, 0.2) is 36.7 Å². The fraction of sp³-hybridized carbons (Fsp3) is 0.286. The summed E-state index contributed by atoms with van der Waals surface area (Å²) < 4.78 is 12.8. The van der Waals surface area contributed by atoms with Gasteiger partial charge in [-0.1, -0.05) is 13.3 Å². The second-order valence-corrected chi connectivity index (χ2v) is 4.03. The monoisotopic (exact) mass is 230 g/mol. The molecule has 17 heavy (non-hydrogen) atoms. The molecule has 0 fully saturated rings. The molecule has 0 spiro atoms. The van der Waals surface area contributed by atoms with Crippen LogP contribution in [0.1, 0.15) is 25.3 Å². The van der Waals surface area contributed by atoms with Gasteiger partial charge in [-0.25, -0.2) is 14.4 Å². The van der Waals surface area contributed by atoms with Gasteiger partial charge in [-0.15, -0.1) is 0 Å². The first-order valence-corrected chi connectivity index (χ1v) is 5.86. The van der Waals surface area contributed by atoms with E-state index in [4.69, 9.17) is 0 Å². The summed E-state index contributed by atoms with van der Waals surface area (Å²) in [5.74, 6) is 0.401. The van der Waals surface area contributed by atoms with Gasteiger partial charge < -0.3 is 0 Å². The molecule has 1 heterocycles. The van der Waals surface area contributed by atoms with Gasteiger partial charge in [0, 0.05) is 18.0 Å². The van der Waals surface area contributed by atoms with Gasteiger partial charge in [0.2, 0.25) is 0 Å². The molecule has 0 amide bonds. The Morgan fingerprint density at radius 3 is 2.29 bits per heavy atom. The van der Waals surface area contributed by atoms with Crippen molar-refractivity contribution < 1.29 is 4.39 Å². The molecule has 1 aromatic carbocycles. The van der Waals surface area contributed by atoms with Gasteiger partial charge in [0.1, 0.15) is 5.82 Å². The second-order valence-electron chi connectivity index (χ2n) is 4.03. The van der Waals surface area contributed by atoms with E-state index in [-0.39, 0.29) is 5.82 Å². The Morgan fingerprint density at radius 2 is 1.71 bits per heavy atom. The molecular weight excluding hydrogens is 215 g/mol.